The van der Waals surface area contributed by atoms with Gasteiger partial charge < -0.3 is 18.9 Å². The maximum Gasteiger partial charge on any atom is 0.352 e. The number of carbonyl (C=O) groups excluding carboxylic acids is 1. The lowest BCUT2D eigenvalue weighted by Crippen LogP contribution is -2.28. The van der Waals surface area contributed by atoms with E-state index in [9.17, 15) is 4.79 Å². The van der Waals surface area contributed by atoms with E-state index in [1.54, 1.807) is 49.4 Å². The second-order valence-corrected chi connectivity index (χ2v) is 5.09. The summed E-state index contributed by atoms with van der Waals surface area (Å²) in [5, 5.41) is 0.600. The van der Waals surface area contributed by atoms with Gasteiger partial charge in [0.05, 0.1) is 0 Å². The van der Waals surface area contributed by atoms with Gasteiger partial charge in [-0.1, -0.05) is 11.6 Å². The van der Waals surface area contributed by atoms with E-state index in [0.717, 1.165) is 0 Å². The van der Waals surface area contributed by atoms with Gasteiger partial charge in [-0.05, 0) is 43.3 Å². The van der Waals surface area contributed by atoms with Gasteiger partial charge in [0.15, 0.2) is 17.6 Å². The van der Waals surface area contributed by atoms with Crippen molar-refractivity contribution in [3.63, 3.8) is 0 Å². The maximum absolute atomic E-state index is 12.0. The minimum atomic E-state index is -0.758. The number of esters is 1. The number of ether oxygens (including phenoxy) is 4. The molecule has 1 atom stereocenters. The van der Waals surface area contributed by atoms with Crippen molar-refractivity contribution in [1.29, 1.82) is 0 Å². The van der Waals surface area contributed by atoms with Crippen LogP contribution in [0.1, 0.15) is 6.92 Å². The van der Waals surface area contributed by atoms with Crippen molar-refractivity contribution in [2.45, 2.75) is 13.0 Å². The monoisotopic (exact) mass is 320 g/mol. The van der Waals surface area contributed by atoms with Crippen LogP contribution in [-0.4, -0.2) is 18.9 Å². The molecule has 3 rings (SSSR count). The van der Waals surface area contributed by atoms with Crippen molar-refractivity contribution in [2.24, 2.45) is 0 Å². The molecule has 22 heavy (non-hydrogen) atoms. The first-order valence-electron chi connectivity index (χ1n) is 6.65. The lowest BCUT2D eigenvalue weighted by Gasteiger charge is -2.14. The fourth-order valence-electron chi connectivity index (χ4n) is 1.90. The predicted octanol–water partition coefficient (Wildman–Crippen LogP) is 3.44. The molecular weight excluding hydrogens is 308 g/mol. The Morgan fingerprint density at radius 3 is 2.55 bits per heavy atom. The third kappa shape index (κ3) is 3.26. The molecule has 0 aliphatic carbocycles. The van der Waals surface area contributed by atoms with Crippen molar-refractivity contribution in [3.05, 3.63) is 47.5 Å². The van der Waals surface area contributed by atoms with Crippen molar-refractivity contribution in [2.75, 3.05) is 6.79 Å². The Balaban J connectivity index is 1.62. The molecular formula is C16H13ClO5. The van der Waals surface area contributed by atoms with Gasteiger partial charge in [-0.25, -0.2) is 4.79 Å². The van der Waals surface area contributed by atoms with E-state index in [2.05, 4.69) is 0 Å². The van der Waals surface area contributed by atoms with E-state index >= 15 is 0 Å². The summed E-state index contributed by atoms with van der Waals surface area (Å²) in [6, 6.07) is 11.7. The average molecular weight is 321 g/mol. The van der Waals surface area contributed by atoms with E-state index < -0.39 is 12.1 Å². The highest BCUT2D eigenvalue weighted by Gasteiger charge is 2.19. The van der Waals surface area contributed by atoms with E-state index in [4.69, 9.17) is 30.5 Å². The zero-order valence-electron chi connectivity index (χ0n) is 11.7. The van der Waals surface area contributed by atoms with Gasteiger partial charge >= 0.3 is 5.97 Å². The Bertz CT molecular complexity index is 683. The Morgan fingerprint density at radius 1 is 1.09 bits per heavy atom. The van der Waals surface area contributed by atoms with E-state index in [1.807, 2.05) is 0 Å². The Hall–Kier alpha value is -2.40. The summed E-state index contributed by atoms with van der Waals surface area (Å²) >= 11 is 5.80. The second kappa shape index (κ2) is 6.15. The molecule has 1 unspecified atom stereocenters. The van der Waals surface area contributed by atoms with Crippen molar-refractivity contribution < 1.29 is 23.7 Å². The Morgan fingerprint density at radius 2 is 1.77 bits per heavy atom. The van der Waals surface area contributed by atoms with Gasteiger partial charge in [0.1, 0.15) is 11.5 Å². The minimum Gasteiger partial charge on any atom is -0.479 e. The summed E-state index contributed by atoms with van der Waals surface area (Å²) in [5.41, 5.74) is 0. The third-order valence-electron chi connectivity index (χ3n) is 3.02. The van der Waals surface area contributed by atoms with Gasteiger partial charge in [-0.3, -0.25) is 0 Å². The molecule has 0 bridgehead atoms. The van der Waals surface area contributed by atoms with Gasteiger partial charge in [-0.2, -0.15) is 0 Å². The van der Waals surface area contributed by atoms with Crippen LogP contribution in [0.2, 0.25) is 5.02 Å². The number of benzene rings is 2. The molecule has 114 valence electrons. The lowest BCUT2D eigenvalue weighted by molar-refractivity contribution is -0.141. The van der Waals surface area contributed by atoms with E-state index in [1.165, 1.54) is 0 Å². The van der Waals surface area contributed by atoms with E-state index in [0.29, 0.717) is 28.0 Å². The molecule has 0 aromatic heterocycles. The van der Waals surface area contributed by atoms with Crippen LogP contribution in [0.4, 0.5) is 0 Å². The molecule has 0 fully saturated rings. The number of fused-ring (bicyclic) bond motifs is 1. The van der Waals surface area contributed by atoms with Crippen LogP contribution < -0.4 is 18.9 Å². The molecule has 0 saturated carbocycles. The summed E-state index contributed by atoms with van der Waals surface area (Å²) < 4.78 is 21.2. The van der Waals surface area contributed by atoms with Crippen LogP contribution in [0.5, 0.6) is 23.0 Å². The average Bonchev–Trinajstić information content (AvgIpc) is 2.97. The van der Waals surface area contributed by atoms with Crippen LogP contribution >= 0.6 is 11.6 Å². The minimum absolute atomic E-state index is 0.169. The van der Waals surface area contributed by atoms with Crippen LogP contribution in [0.15, 0.2) is 42.5 Å². The number of hydrogen-bond acceptors (Lipinski definition) is 5. The zero-order valence-corrected chi connectivity index (χ0v) is 12.5. The molecule has 0 N–H and O–H groups in total. The van der Waals surface area contributed by atoms with Gasteiger partial charge in [0, 0.05) is 11.1 Å². The van der Waals surface area contributed by atoms with Gasteiger partial charge in [0.25, 0.3) is 0 Å². The Labute approximate surface area is 132 Å². The van der Waals surface area contributed by atoms with Crippen molar-refractivity contribution >= 4 is 17.6 Å². The standard InChI is InChI=1S/C16H13ClO5/c1-10(21-12-4-2-11(17)3-5-12)16(18)22-13-6-7-14-15(8-13)20-9-19-14/h2-8,10H,9H2,1H3. The zero-order chi connectivity index (χ0) is 15.5. The molecule has 0 amide bonds. The summed E-state index contributed by atoms with van der Waals surface area (Å²) in [4.78, 5) is 12.0. The van der Waals surface area contributed by atoms with Crippen LogP contribution in [0, 0.1) is 0 Å². The predicted molar refractivity (Wildman–Crippen MR) is 79.7 cm³/mol. The smallest absolute Gasteiger partial charge is 0.352 e. The first-order valence-corrected chi connectivity index (χ1v) is 7.03. The van der Waals surface area contributed by atoms with Crippen molar-refractivity contribution in [1.82, 2.24) is 0 Å². The lowest BCUT2D eigenvalue weighted by atomic mass is 10.3. The van der Waals surface area contributed by atoms with Crippen molar-refractivity contribution in [3.8, 4) is 23.0 Å². The largest absolute Gasteiger partial charge is 0.479 e. The molecule has 5 nitrogen and oxygen atoms in total. The number of hydrogen-bond donors (Lipinski definition) is 0. The molecule has 1 aliphatic rings. The molecule has 0 spiro atoms. The molecule has 1 heterocycles. The first-order chi connectivity index (χ1) is 10.6. The highest BCUT2D eigenvalue weighted by molar-refractivity contribution is 6.30. The quantitative estimate of drug-likeness (QED) is 0.638. The topological polar surface area (TPSA) is 54.0 Å². The van der Waals surface area contributed by atoms with Crippen LogP contribution in [-0.2, 0) is 4.79 Å². The summed E-state index contributed by atoms with van der Waals surface area (Å²) in [6.45, 7) is 1.78. The SMILES string of the molecule is CC(Oc1ccc(Cl)cc1)C(=O)Oc1ccc2c(c1)OCO2. The summed E-state index contributed by atoms with van der Waals surface area (Å²) in [7, 11) is 0. The molecule has 0 saturated heterocycles. The van der Waals surface area contributed by atoms with Crippen LogP contribution in [0.3, 0.4) is 0 Å². The second-order valence-electron chi connectivity index (χ2n) is 4.65. The summed E-state index contributed by atoms with van der Waals surface area (Å²) in [6.07, 6.45) is -0.758. The van der Waals surface area contributed by atoms with Crippen LogP contribution in [0.25, 0.3) is 0 Å². The number of carbonyl (C=O) groups is 1. The normalized spacial score (nSPS) is 13.5. The third-order valence-corrected chi connectivity index (χ3v) is 3.27. The highest BCUT2D eigenvalue weighted by atomic mass is 35.5. The fraction of sp³-hybridized carbons (Fsp3) is 0.188. The van der Waals surface area contributed by atoms with Gasteiger partial charge in [0.2, 0.25) is 6.79 Å². The number of rotatable bonds is 4. The summed E-state index contributed by atoms with van der Waals surface area (Å²) in [5.74, 6) is 1.59. The maximum atomic E-state index is 12.0. The van der Waals surface area contributed by atoms with Gasteiger partial charge in [-0.15, -0.1) is 0 Å². The van der Waals surface area contributed by atoms with E-state index in [-0.39, 0.29) is 6.79 Å². The Kier molecular flexibility index (Phi) is 4.06. The molecule has 0 radical (unpaired) electrons. The molecule has 1 aliphatic heterocycles. The highest BCUT2D eigenvalue weighted by Crippen LogP contribution is 2.35. The number of halogens is 1. The molecule has 2 aromatic carbocycles. The fourth-order valence-corrected chi connectivity index (χ4v) is 2.03. The molecule has 2 aromatic rings. The molecule has 6 heteroatoms. The first kappa shape index (κ1) is 14.5.